The van der Waals surface area contributed by atoms with Crippen LogP contribution < -0.4 is 5.32 Å². The van der Waals surface area contributed by atoms with Crippen molar-refractivity contribution in [3.8, 4) is 0 Å². The Morgan fingerprint density at radius 3 is 2.38 bits per heavy atom. The smallest absolute Gasteiger partial charge is 0.383 e. The molecule has 0 bridgehead atoms. The van der Waals surface area contributed by atoms with Crippen LogP contribution >= 0.6 is 11.6 Å². The molecule has 1 N–H and O–H groups in total. The van der Waals surface area contributed by atoms with E-state index in [4.69, 9.17) is 11.6 Å². The highest BCUT2D eigenvalue weighted by Crippen LogP contribution is 2.35. The van der Waals surface area contributed by atoms with Gasteiger partial charge in [0.2, 0.25) is 0 Å². The fraction of sp³-hybridized carbons (Fsp3) is 0.125. The molecule has 0 aliphatic rings. The zero-order valence-corrected chi connectivity index (χ0v) is 7.21. The first-order valence-corrected chi connectivity index (χ1v) is 3.73. The summed E-state index contributed by atoms with van der Waals surface area (Å²) in [5.41, 5.74) is -0.584. The van der Waals surface area contributed by atoms with Gasteiger partial charge in [0, 0.05) is 12.7 Å². The topological polar surface area (TPSA) is 12.0 Å². The Balaban J connectivity index is 3.19. The second kappa shape index (κ2) is 3.46. The summed E-state index contributed by atoms with van der Waals surface area (Å²) < 4.78 is 36.7. The van der Waals surface area contributed by atoms with E-state index in [1.807, 2.05) is 0 Å². The maximum Gasteiger partial charge on any atom is 0.417 e. The van der Waals surface area contributed by atoms with E-state index in [2.05, 4.69) is 12.4 Å². The van der Waals surface area contributed by atoms with Gasteiger partial charge >= 0.3 is 6.18 Å². The van der Waals surface area contributed by atoms with E-state index in [-0.39, 0.29) is 10.7 Å². The molecule has 0 amide bonds. The maximum absolute atomic E-state index is 12.2. The SMILES string of the molecule is [CH2]Nc1ccc(Cl)c(C(F)(F)F)c1. The van der Waals surface area contributed by atoms with Crippen LogP contribution in [0.5, 0.6) is 0 Å². The summed E-state index contributed by atoms with van der Waals surface area (Å²) in [4.78, 5) is 0. The third-order valence-electron chi connectivity index (χ3n) is 1.48. The molecule has 71 valence electrons. The Morgan fingerprint density at radius 1 is 1.31 bits per heavy atom. The van der Waals surface area contributed by atoms with Gasteiger partial charge in [-0.25, -0.2) is 0 Å². The summed E-state index contributed by atoms with van der Waals surface area (Å²) in [6.07, 6.45) is -4.43. The van der Waals surface area contributed by atoms with Crippen molar-refractivity contribution in [1.82, 2.24) is 0 Å². The molecular formula is C8H6ClF3N. The Hall–Kier alpha value is -0.900. The van der Waals surface area contributed by atoms with Crippen LogP contribution in [0.25, 0.3) is 0 Å². The minimum atomic E-state index is -4.43. The van der Waals surface area contributed by atoms with Crippen LogP contribution in [0, 0.1) is 7.05 Å². The monoisotopic (exact) mass is 208 g/mol. The van der Waals surface area contributed by atoms with Gasteiger partial charge in [-0.1, -0.05) is 11.6 Å². The fourth-order valence-corrected chi connectivity index (χ4v) is 1.08. The van der Waals surface area contributed by atoms with Gasteiger partial charge in [0.25, 0.3) is 0 Å². The molecule has 0 aliphatic carbocycles. The van der Waals surface area contributed by atoms with Crippen molar-refractivity contribution in [2.75, 3.05) is 5.32 Å². The number of alkyl halides is 3. The molecule has 0 fully saturated rings. The van der Waals surface area contributed by atoms with Crippen molar-refractivity contribution < 1.29 is 13.2 Å². The number of halogens is 4. The van der Waals surface area contributed by atoms with Crippen LogP contribution in [0.3, 0.4) is 0 Å². The highest BCUT2D eigenvalue weighted by atomic mass is 35.5. The number of hydrogen-bond donors (Lipinski definition) is 1. The van der Waals surface area contributed by atoms with Crippen molar-refractivity contribution in [2.45, 2.75) is 6.18 Å². The number of anilines is 1. The summed E-state index contributed by atoms with van der Waals surface area (Å²) in [7, 11) is 3.25. The predicted octanol–water partition coefficient (Wildman–Crippen LogP) is 3.56. The molecule has 1 radical (unpaired) electrons. The van der Waals surface area contributed by atoms with Crippen LogP contribution in [0.4, 0.5) is 18.9 Å². The minimum Gasteiger partial charge on any atom is -0.383 e. The summed E-state index contributed by atoms with van der Waals surface area (Å²) in [5, 5.41) is 2.04. The lowest BCUT2D eigenvalue weighted by atomic mass is 10.2. The molecule has 1 nitrogen and oxygen atoms in total. The van der Waals surface area contributed by atoms with E-state index in [0.29, 0.717) is 0 Å². The molecule has 1 rings (SSSR count). The summed E-state index contributed by atoms with van der Waals surface area (Å²) >= 11 is 5.37. The molecule has 0 saturated carbocycles. The lowest BCUT2D eigenvalue weighted by Crippen LogP contribution is -2.06. The number of rotatable bonds is 1. The first-order valence-electron chi connectivity index (χ1n) is 3.35. The average molecular weight is 209 g/mol. The number of hydrogen-bond acceptors (Lipinski definition) is 1. The molecule has 0 aromatic heterocycles. The van der Waals surface area contributed by atoms with Gasteiger partial charge in [-0.3, -0.25) is 0 Å². The third-order valence-corrected chi connectivity index (χ3v) is 1.81. The zero-order valence-electron chi connectivity index (χ0n) is 6.45. The van der Waals surface area contributed by atoms with Gasteiger partial charge in [-0.15, -0.1) is 0 Å². The zero-order chi connectivity index (χ0) is 10.1. The molecule has 13 heavy (non-hydrogen) atoms. The maximum atomic E-state index is 12.2. The van der Waals surface area contributed by atoms with Gasteiger partial charge < -0.3 is 5.32 Å². The molecule has 0 unspecified atom stereocenters. The highest BCUT2D eigenvalue weighted by Gasteiger charge is 2.33. The van der Waals surface area contributed by atoms with E-state index < -0.39 is 11.7 Å². The summed E-state index contributed by atoms with van der Waals surface area (Å²) in [6, 6.07) is 3.51. The van der Waals surface area contributed by atoms with Crippen molar-refractivity contribution in [3.05, 3.63) is 35.8 Å². The number of nitrogens with one attached hydrogen (secondary N) is 1. The minimum absolute atomic E-state index is 0.275. The van der Waals surface area contributed by atoms with Crippen molar-refractivity contribution in [3.63, 3.8) is 0 Å². The molecule has 1 aromatic carbocycles. The Labute approximate surface area is 78.5 Å². The molecule has 0 atom stereocenters. The highest BCUT2D eigenvalue weighted by molar-refractivity contribution is 6.31. The Bertz CT molecular complexity index is 309. The first kappa shape index (κ1) is 10.2. The van der Waals surface area contributed by atoms with Crippen molar-refractivity contribution in [1.29, 1.82) is 0 Å². The van der Waals surface area contributed by atoms with Crippen LogP contribution in [-0.4, -0.2) is 0 Å². The normalized spacial score (nSPS) is 11.5. The molecule has 0 aliphatic heterocycles. The molecule has 5 heteroatoms. The second-order valence-electron chi connectivity index (χ2n) is 2.37. The average Bonchev–Trinajstić information content (AvgIpc) is 2.03. The summed E-state index contributed by atoms with van der Waals surface area (Å²) in [6.45, 7) is 0. The van der Waals surface area contributed by atoms with Crippen LogP contribution in [0.2, 0.25) is 5.02 Å². The van der Waals surface area contributed by atoms with Crippen molar-refractivity contribution >= 4 is 17.3 Å². The van der Waals surface area contributed by atoms with Gasteiger partial charge in [0.1, 0.15) is 0 Å². The predicted molar refractivity (Wildman–Crippen MR) is 45.4 cm³/mol. The first-order chi connectivity index (χ1) is 5.95. The largest absolute Gasteiger partial charge is 0.417 e. The van der Waals surface area contributed by atoms with E-state index in [9.17, 15) is 13.2 Å². The van der Waals surface area contributed by atoms with E-state index >= 15 is 0 Å². The lowest BCUT2D eigenvalue weighted by molar-refractivity contribution is -0.137. The van der Waals surface area contributed by atoms with Crippen LogP contribution in [-0.2, 0) is 6.18 Å². The van der Waals surface area contributed by atoms with Gasteiger partial charge in [-0.05, 0) is 18.2 Å². The van der Waals surface area contributed by atoms with E-state index in [0.717, 1.165) is 6.07 Å². The van der Waals surface area contributed by atoms with Crippen molar-refractivity contribution in [2.24, 2.45) is 0 Å². The molecule has 1 aromatic rings. The molecular weight excluding hydrogens is 203 g/mol. The molecule has 0 spiro atoms. The second-order valence-corrected chi connectivity index (χ2v) is 2.78. The van der Waals surface area contributed by atoms with Crippen LogP contribution in [0.15, 0.2) is 18.2 Å². The standard InChI is InChI=1S/C8H6ClF3N/c1-13-5-2-3-7(9)6(4-5)8(10,11)12/h2-4,13H,1H2. The Kier molecular flexibility index (Phi) is 2.71. The molecule has 0 saturated heterocycles. The lowest BCUT2D eigenvalue weighted by Gasteiger charge is -2.10. The molecule has 0 heterocycles. The van der Waals surface area contributed by atoms with Crippen LogP contribution in [0.1, 0.15) is 5.56 Å². The van der Waals surface area contributed by atoms with Gasteiger partial charge in [-0.2, -0.15) is 13.2 Å². The van der Waals surface area contributed by atoms with Gasteiger partial charge in [0.15, 0.2) is 0 Å². The van der Waals surface area contributed by atoms with Gasteiger partial charge in [0.05, 0.1) is 10.6 Å². The number of benzene rings is 1. The van der Waals surface area contributed by atoms with E-state index in [1.165, 1.54) is 12.1 Å². The fourth-order valence-electron chi connectivity index (χ4n) is 0.852. The Morgan fingerprint density at radius 2 is 1.92 bits per heavy atom. The quantitative estimate of drug-likeness (QED) is 0.744. The van der Waals surface area contributed by atoms with E-state index in [1.54, 1.807) is 0 Å². The summed E-state index contributed by atoms with van der Waals surface area (Å²) in [5.74, 6) is 0. The third kappa shape index (κ3) is 2.28.